The van der Waals surface area contributed by atoms with Gasteiger partial charge in [0.1, 0.15) is 17.0 Å². The molecule has 0 aromatic heterocycles. The van der Waals surface area contributed by atoms with Crippen LogP contribution in [0.25, 0.3) is 0 Å². The molecule has 0 saturated heterocycles. The number of ether oxygens (including phenoxy) is 2. The van der Waals surface area contributed by atoms with Gasteiger partial charge in [0.25, 0.3) is 5.91 Å². The molecule has 4 amide bonds. The lowest BCUT2D eigenvalue weighted by molar-refractivity contribution is -0.141. The Hall–Kier alpha value is -3.85. The Morgan fingerprint density at radius 2 is 1.83 bits per heavy atom. The van der Waals surface area contributed by atoms with Crippen LogP contribution in [0, 0.1) is 0 Å². The molecule has 2 aromatic rings. The smallest absolute Gasteiger partial charge is 0.322 e. The minimum absolute atomic E-state index is 0.164. The van der Waals surface area contributed by atoms with Crippen LogP contribution < -0.4 is 15.4 Å². The second kappa shape index (κ2) is 10.4. The molecule has 2 aromatic carbocycles. The fraction of sp³-hybridized carbons (Fsp3) is 0.370. The fourth-order valence-electron chi connectivity index (χ4n) is 4.52. The Balaban J connectivity index is 1.65. The standard InChI is InChI=1S/C27H32N4O5/c1-5-30-21-17-31(27(2,3)25(33)28-14-15-35-4)24(32)22(21)23(29-26(30)34)18-10-9-13-20(16-18)36-19-11-7-6-8-12-19/h6-13,16,23H,5,14-15,17H2,1-4H3,(H,28,33)(H,29,34)/t23-/m1/s1. The van der Waals surface area contributed by atoms with Gasteiger partial charge in [0.15, 0.2) is 0 Å². The second-order valence-corrected chi connectivity index (χ2v) is 9.17. The number of likely N-dealkylation sites (N-methyl/N-ethyl adjacent to an activating group) is 1. The number of hydrogen-bond acceptors (Lipinski definition) is 5. The van der Waals surface area contributed by atoms with E-state index in [-0.39, 0.29) is 24.4 Å². The van der Waals surface area contributed by atoms with Gasteiger partial charge >= 0.3 is 6.03 Å². The Labute approximate surface area is 211 Å². The van der Waals surface area contributed by atoms with Crippen molar-refractivity contribution in [3.63, 3.8) is 0 Å². The van der Waals surface area contributed by atoms with Crippen LogP contribution in [-0.4, -0.2) is 66.5 Å². The molecule has 9 heteroatoms. The highest BCUT2D eigenvalue weighted by Crippen LogP contribution is 2.39. The summed E-state index contributed by atoms with van der Waals surface area (Å²) in [5.41, 5.74) is 0.667. The summed E-state index contributed by atoms with van der Waals surface area (Å²) in [6.07, 6.45) is 0. The van der Waals surface area contributed by atoms with Crippen LogP contribution in [0.3, 0.4) is 0 Å². The molecule has 0 fully saturated rings. The summed E-state index contributed by atoms with van der Waals surface area (Å²) >= 11 is 0. The van der Waals surface area contributed by atoms with Gasteiger partial charge in [-0.15, -0.1) is 0 Å². The highest BCUT2D eigenvalue weighted by molar-refractivity contribution is 6.04. The number of nitrogens with one attached hydrogen (secondary N) is 2. The van der Waals surface area contributed by atoms with Gasteiger partial charge in [-0.1, -0.05) is 30.3 Å². The lowest BCUT2D eigenvalue weighted by Gasteiger charge is -2.34. The number of rotatable bonds is 9. The van der Waals surface area contributed by atoms with E-state index in [2.05, 4.69) is 10.6 Å². The molecule has 2 aliphatic heterocycles. The average molecular weight is 493 g/mol. The SMILES string of the molecule is CCN1C(=O)N[C@H](c2cccc(Oc3ccccc3)c2)C2=C1CN(C(C)(C)C(=O)NCCOC)C2=O. The normalized spacial score (nSPS) is 17.7. The molecule has 0 bridgehead atoms. The van der Waals surface area contributed by atoms with Gasteiger partial charge in [-0.3, -0.25) is 14.5 Å². The number of amides is 4. The van der Waals surface area contributed by atoms with E-state index in [0.717, 1.165) is 5.56 Å². The van der Waals surface area contributed by atoms with Crippen molar-refractivity contribution in [1.29, 1.82) is 0 Å². The first kappa shape index (κ1) is 25.2. The molecule has 1 atom stereocenters. The van der Waals surface area contributed by atoms with Gasteiger partial charge in [-0.2, -0.15) is 0 Å². The highest BCUT2D eigenvalue weighted by Gasteiger charge is 2.49. The summed E-state index contributed by atoms with van der Waals surface area (Å²) in [6, 6.07) is 15.8. The number of benzene rings is 2. The summed E-state index contributed by atoms with van der Waals surface area (Å²) in [5, 5.41) is 5.80. The zero-order chi connectivity index (χ0) is 25.9. The maximum Gasteiger partial charge on any atom is 0.322 e. The van der Waals surface area contributed by atoms with Crippen LogP contribution in [0.4, 0.5) is 4.79 Å². The molecule has 0 spiro atoms. The third kappa shape index (κ3) is 4.79. The van der Waals surface area contributed by atoms with Gasteiger partial charge < -0.3 is 25.0 Å². The van der Waals surface area contributed by atoms with E-state index in [0.29, 0.717) is 42.5 Å². The van der Waals surface area contributed by atoms with E-state index in [4.69, 9.17) is 9.47 Å². The molecular weight excluding hydrogens is 460 g/mol. The van der Waals surface area contributed by atoms with Crippen molar-refractivity contribution in [3.05, 3.63) is 71.4 Å². The van der Waals surface area contributed by atoms with Crippen molar-refractivity contribution in [2.24, 2.45) is 0 Å². The molecule has 2 N–H and O–H groups in total. The lowest BCUT2D eigenvalue weighted by Crippen LogP contribution is -2.56. The molecule has 2 aliphatic rings. The first-order chi connectivity index (χ1) is 17.3. The Morgan fingerprint density at radius 3 is 2.53 bits per heavy atom. The van der Waals surface area contributed by atoms with E-state index in [1.54, 1.807) is 25.9 Å². The minimum atomic E-state index is -1.13. The lowest BCUT2D eigenvalue weighted by atomic mass is 9.95. The number of para-hydroxylation sites is 1. The summed E-state index contributed by atoms with van der Waals surface area (Å²) in [6.45, 7) is 6.55. The van der Waals surface area contributed by atoms with Crippen LogP contribution in [0.1, 0.15) is 32.4 Å². The zero-order valence-electron chi connectivity index (χ0n) is 21.0. The number of carbonyl (C=O) groups excluding carboxylic acids is 3. The van der Waals surface area contributed by atoms with Crippen LogP contribution >= 0.6 is 0 Å². The summed E-state index contributed by atoms with van der Waals surface area (Å²) in [7, 11) is 1.56. The van der Waals surface area contributed by atoms with Gasteiger partial charge in [-0.25, -0.2) is 4.79 Å². The summed E-state index contributed by atoms with van der Waals surface area (Å²) in [4.78, 5) is 42.9. The molecule has 190 valence electrons. The molecule has 36 heavy (non-hydrogen) atoms. The van der Waals surface area contributed by atoms with Crippen molar-refractivity contribution in [2.75, 3.05) is 33.4 Å². The van der Waals surface area contributed by atoms with E-state index in [9.17, 15) is 14.4 Å². The highest BCUT2D eigenvalue weighted by atomic mass is 16.5. The number of urea groups is 1. The monoisotopic (exact) mass is 492 g/mol. The van der Waals surface area contributed by atoms with Crippen LogP contribution in [-0.2, 0) is 14.3 Å². The van der Waals surface area contributed by atoms with Crippen molar-refractivity contribution >= 4 is 17.8 Å². The van der Waals surface area contributed by atoms with E-state index in [1.165, 1.54) is 4.90 Å². The Bertz CT molecular complexity index is 1180. The number of carbonyl (C=O) groups is 3. The largest absolute Gasteiger partial charge is 0.457 e. The van der Waals surface area contributed by atoms with Gasteiger partial charge in [0.2, 0.25) is 5.91 Å². The molecule has 4 rings (SSSR count). The molecule has 0 saturated carbocycles. The molecule has 0 unspecified atom stereocenters. The Morgan fingerprint density at radius 1 is 1.11 bits per heavy atom. The molecule has 9 nitrogen and oxygen atoms in total. The molecule has 2 heterocycles. The quantitative estimate of drug-likeness (QED) is 0.524. The summed E-state index contributed by atoms with van der Waals surface area (Å²) < 4.78 is 11.0. The first-order valence-electron chi connectivity index (χ1n) is 12.0. The van der Waals surface area contributed by atoms with Crippen molar-refractivity contribution in [2.45, 2.75) is 32.4 Å². The number of methoxy groups -OCH3 is 1. The fourth-order valence-corrected chi connectivity index (χ4v) is 4.52. The first-order valence-corrected chi connectivity index (χ1v) is 12.0. The van der Waals surface area contributed by atoms with Crippen molar-refractivity contribution < 1.29 is 23.9 Å². The average Bonchev–Trinajstić information content (AvgIpc) is 3.22. The Kier molecular flexibility index (Phi) is 7.30. The third-order valence-corrected chi connectivity index (χ3v) is 6.53. The van der Waals surface area contributed by atoms with E-state index in [1.807, 2.05) is 61.5 Å². The maximum atomic E-state index is 13.8. The van der Waals surface area contributed by atoms with Gasteiger partial charge in [0, 0.05) is 20.2 Å². The van der Waals surface area contributed by atoms with Crippen molar-refractivity contribution in [3.8, 4) is 11.5 Å². The maximum absolute atomic E-state index is 13.8. The number of nitrogens with zero attached hydrogens (tertiary/aromatic N) is 2. The van der Waals surface area contributed by atoms with Crippen LogP contribution in [0.2, 0.25) is 0 Å². The molecular formula is C27H32N4O5. The number of hydrogen-bond donors (Lipinski definition) is 2. The van der Waals surface area contributed by atoms with Crippen LogP contribution in [0.15, 0.2) is 65.9 Å². The van der Waals surface area contributed by atoms with E-state index < -0.39 is 11.6 Å². The van der Waals surface area contributed by atoms with Gasteiger partial charge in [0.05, 0.1) is 30.5 Å². The van der Waals surface area contributed by atoms with Crippen molar-refractivity contribution in [1.82, 2.24) is 20.4 Å². The molecule has 0 aliphatic carbocycles. The van der Waals surface area contributed by atoms with E-state index >= 15 is 0 Å². The molecule has 0 radical (unpaired) electrons. The topological polar surface area (TPSA) is 100 Å². The predicted octanol–water partition coefficient (Wildman–Crippen LogP) is 3.20. The van der Waals surface area contributed by atoms with Crippen LogP contribution in [0.5, 0.6) is 11.5 Å². The second-order valence-electron chi connectivity index (χ2n) is 9.17. The van der Waals surface area contributed by atoms with Gasteiger partial charge in [-0.05, 0) is 50.6 Å². The summed E-state index contributed by atoms with van der Waals surface area (Å²) in [5.74, 6) is 0.705. The minimum Gasteiger partial charge on any atom is -0.457 e. The predicted molar refractivity (Wildman–Crippen MR) is 134 cm³/mol. The third-order valence-electron chi connectivity index (χ3n) is 6.53. The zero-order valence-corrected chi connectivity index (χ0v) is 21.0.